The molecule has 4 N–H and O–H groups in total. The molecule has 8 nitrogen and oxygen atoms in total. The summed E-state index contributed by atoms with van der Waals surface area (Å²) < 4.78 is 1.63. The molecule has 8 heteroatoms. The predicted octanol–water partition coefficient (Wildman–Crippen LogP) is -1.75. The smallest absolute Gasteiger partial charge is 0.203 e. The molecule has 0 saturated carbocycles. The highest BCUT2D eigenvalue weighted by atomic mass is 16.3. The molecule has 0 fully saturated rings. The Bertz CT molecular complexity index is 488. The molecule has 0 aliphatic heterocycles. The Morgan fingerprint density at radius 2 is 1.94 bits per heavy atom. The third-order valence-electron chi connectivity index (χ3n) is 2.51. The third-order valence-corrected chi connectivity index (χ3v) is 2.51. The van der Waals surface area contributed by atoms with Crippen molar-refractivity contribution in [3.05, 3.63) is 18.7 Å². The van der Waals surface area contributed by atoms with Crippen LogP contribution in [0.1, 0.15) is 0 Å². The van der Waals surface area contributed by atoms with E-state index in [1.165, 1.54) is 12.5 Å². The molecule has 2 aromatic rings. The maximum Gasteiger partial charge on any atom is 0.203 e. The first-order valence-electron chi connectivity index (χ1n) is 5.00. The summed E-state index contributed by atoms with van der Waals surface area (Å²) in [6.45, 7) is -1.30. The van der Waals surface area contributed by atoms with Gasteiger partial charge in [0.05, 0.1) is 19.8 Å². The maximum absolute atomic E-state index is 9.21. The van der Waals surface area contributed by atoms with Crippen LogP contribution in [0.15, 0.2) is 18.7 Å². The van der Waals surface area contributed by atoms with E-state index in [1.807, 2.05) is 0 Å². The molecule has 0 unspecified atom stereocenters. The van der Waals surface area contributed by atoms with Crippen LogP contribution in [0.25, 0.3) is 5.65 Å². The van der Waals surface area contributed by atoms with Crippen molar-refractivity contribution in [1.29, 1.82) is 0 Å². The highest BCUT2D eigenvalue weighted by molar-refractivity contribution is 5.62. The zero-order valence-corrected chi connectivity index (χ0v) is 8.98. The van der Waals surface area contributed by atoms with Crippen LogP contribution in [0, 0.1) is 0 Å². The Balaban J connectivity index is 2.37. The molecule has 2 heterocycles. The molecule has 0 saturated heterocycles. The molecule has 0 spiro atoms. The monoisotopic (exact) mass is 239 g/mol. The van der Waals surface area contributed by atoms with Crippen molar-refractivity contribution < 1.29 is 15.3 Å². The fraction of sp³-hybridized carbons (Fsp3) is 0.444. The molecule has 2 aromatic heterocycles. The number of aliphatic hydroxyl groups is 3. The van der Waals surface area contributed by atoms with Gasteiger partial charge in [0.2, 0.25) is 5.65 Å². The second-order valence-corrected chi connectivity index (χ2v) is 3.72. The van der Waals surface area contributed by atoms with Crippen molar-refractivity contribution >= 4 is 11.5 Å². The van der Waals surface area contributed by atoms with Crippen LogP contribution < -0.4 is 5.32 Å². The summed E-state index contributed by atoms with van der Waals surface area (Å²) in [7, 11) is 0. The molecule has 92 valence electrons. The summed E-state index contributed by atoms with van der Waals surface area (Å²) >= 11 is 0. The van der Waals surface area contributed by atoms with E-state index in [4.69, 9.17) is 0 Å². The number of fused-ring (bicyclic) bond motifs is 1. The molecule has 0 aliphatic carbocycles. The summed E-state index contributed by atoms with van der Waals surface area (Å²) in [6, 6.07) is 0. The van der Waals surface area contributed by atoms with Gasteiger partial charge in [-0.3, -0.25) is 4.40 Å². The molecule has 0 radical (unpaired) electrons. The second kappa shape index (κ2) is 4.62. The Morgan fingerprint density at radius 1 is 1.24 bits per heavy atom. The van der Waals surface area contributed by atoms with Crippen LogP contribution in [0.2, 0.25) is 0 Å². The number of nitrogens with zero attached hydrogens (tertiary/aromatic N) is 4. The lowest BCUT2D eigenvalue weighted by molar-refractivity contribution is 0.0831. The van der Waals surface area contributed by atoms with E-state index in [-0.39, 0.29) is 0 Å². The summed E-state index contributed by atoms with van der Waals surface area (Å²) in [4.78, 5) is 4.04. The molecule has 0 bridgehead atoms. The average molecular weight is 239 g/mol. The highest BCUT2D eigenvalue weighted by Crippen LogP contribution is 2.16. The SMILES string of the molecule is OCC(CO)(CO)Nc1nccn2cnnc12. The van der Waals surface area contributed by atoms with Crippen LogP contribution in [0.3, 0.4) is 0 Å². The molecule has 0 aromatic carbocycles. The maximum atomic E-state index is 9.21. The quantitative estimate of drug-likeness (QED) is 0.489. The van der Waals surface area contributed by atoms with E-state index in [2.05, 4.69) is 20.5 Å². The van der Waals surface area contributed by atoms with Gasteiger partial charge in [0.25, 0.3) is 0 Å². The van der Waals surface area contributed by atoms with Crippen molar-refractivity contribution in [3.8, 4) is 0 Å². The van der Waals surface area contributed by atoms with E-state index >= 15 is 0 Å². The summed E-state index contributed by atoms with van der Waals surface area (Å²) in [5, 5.41) is 38.0. The summed E-state index contributed by atoms with van der Waals surface area (Å²) in [5.41, 5.74) is -0.784. The van der Waals surface area contributed by atoms with Gasteiger partial charge in [-0.1, -0.05) is 0 Å². The standard InChI is InChI=1S/C9H13N5O3/c15-3-9(4-16,5-17)12-7-8-13-11-6-14(8)2-1-10-7/h1-2,6,15-17H,3-5H2,(H,10,12). The second-order valence-electron chi connectivity index (χ2n) is 3.72. The fourth-order valence-corrected chi connectivity index (χ4v) is 1.37. The van der Waals surface area contributed by atoms with Gasteiger partial charge in [-0.25, -0.2) is 4.98 Å². The summed E-state index contributed by atoms with van der Waals surface area (Å²) in [6.07, 6.45) is 4.69. The van der Waals surface area contributed by atoms with E-state index in [0.29, 0.717) is 11.5 Å². The van der Waals surface area contributed by atoms with Crippen molar-refractivity contribution in [1.82, 2.24) is 19.6 Å². The lowest BCUT2D eigenvalue weighted by atomic mass is 10.0. The number of aromatic nitrogens is 4. The van der Waals surface area contributed by atoms with E-state index in [0.717, 1.165) is 0 Å². The number of anilines is 1. The molecule has 2 rings (SSSR count). The van der Waals surface area contributed by atoms with Crippen molar-refractivity contribution in [3.63, 3.8) is 0 Å². The molecular formula is C9H13N5O3. The predicted molar refractivity (Wildman–Crippen MR) is 58.4 cm³/mol. The minimum atomic E-state index is -1.24. The van der Waals surface area contributed by atoms with E-state index in [1.54, 1.807) is 10.6 Å². The number of aliphatic hydroxyl groups excluding tert-OH is 3. The van der Waals surface area contributed by atoms with Gasteiger partial charge in [0.1, 0.15) is 11.9 Å². The first-order chi connectivity index (χ1) is 8.24. The molecule has 17 heavy (non-hydrogen) atoms. The van der Waals surface area contributed by atoms with Crippen LogP contribution in [0.5, 0.6) is 0 Å². The number of hydrogen-bond acceptors (Lipinski definition) is 7. The van der Waals surface area contributed by atoms with Gasteiger partial charge in [-0.2, -0.15) is 0 Å². The average Bonchev–Trinajstić information content (AvgIpc) is 2.85. The minimum absolute atomic E-state index is 0.335. The normalized spacial score (nSPS) is 11.9. The first kappa shape index (κ1) is 11.7. The fourth-order valence-electron chi connectivity index (χ4n) is 1.37. The van der Waals surface area contributed by atoms with Gasteiger partial charge in [-0.15, -0.1) is 10.2 Å². The van der Waals surface area contributed by atoms with E-state index in [9.17, 15) is 15.3 Å². The Hall–Kier alpha value is -1.77. The minimum Gasteiger partial charge on any atom is -0.394 e. The van der Waals surface area contributed by atoms with Crippen LogP contribution >= 0.6 is 0 Å². The number of rotatable bonds is 5. The van der Waals surface area contributed by atoms with Crippen LogP contribution in [-0.2, 0) is 0 Å². The van der Waals surface area contributed by atoms with Gasteiger partial charge in [-0.05, 0) is 0 Å². The molecule has 0 atom stereocenters. The molecular weight excluding hydrogens is 226 g/mol. The van der Waals surface area contributed by atoms with Gasteiger partial charge >= 0.3 is 0 Å². The molecule has 0 aliphatic rings. The Morgan fingerprint density at radius 3 is 2.59 bits per heavy atom. The third kappa shape index (κ3) is 2.05. The highest BCUT2D eigenvalue weighted by Gasteiger charge is 2.29. The zero-order chi connectivity index (χ0) is 12.3. The topological polar surface area (TPSA) is 116 Å². The number of nitrogens with one attached hydrogen (secondary N) is 1. The van der Waals surface area contributed by atoms with Gasteiger partial charge < -0.3 is 20.6 Å². The lowest BCUT2D eigenvalue weighted by Crippen LogP contribution is -2.49. The lowest BCUT2D eigenvalue weighted by Gasteiger charge is -2.29. The van der Waals surface area contributed by atoms with Gasteiger partial charge in [0.15, 0.2) is 5.82 Å². The van der Waals surface area contributed by atoms with Crippen molar-refractivity contribution in [2.75, 3.05) is 25.1 Å². The van der Waals surface area contributed by atoms with Crippen LogP contribution in [0.4, 0.5) is 5.82 Å². The zero-order valence-electron chi connectivity index (χ0n) is 8.98. The van der Waals surface area contributed by atoms with Gasteiger partial charge in [0, 0.05) is 12.4 Å². The van der Waals surface area contributed by atoms with Crippen molar-refractivity contribution in [2.45, 2.75) is 5.54 Å². The largest absolute Gasteiger partial charge is 0.394 e. The van der Waals surface area contributed by atoms with E-state index < -0.39 is 25.4 Å². The Labute approximate surface area is 96.6 Å². The number of hydrogen-bond donors (Lipinski definition) is 4. The van der Waals surface area contributed by atoms with Crippen LogP contribution in [-0.4, -0.2) is 60.3 Å². The van der Waals surface area contributed by atoms with Crippen molar-refractivity contribution in [2.24, 2.45) is 0 Å². The molecule has 0 amide bonds. The first-order valence-corrected chi connectivity index (χ1v) is 5.00. The Kier molecular flexibility index (Phi) is 3.18. The summed E-state index contributed by atoms with van der Waals surface area (Å²) in [5.74, 6) is 0.335.